The van der Waals surface area contributed by atoms with E-state index in [-0.39, 0.29) is 41.8 Å². The molecule has 2 fully saturated rings. The topological polar surface area (TPSA) is 74.8 Å². The molecule has 8 heteroatoms. The van der Waals surface area contributed by atoms with E-state index in [2.05, 4.69) is 4.90 Å². The number of carbonyl (C=O) groups is 2. The molecule has 1 aromatic rings. The van der Waals surface area contributed by atoms with E-state index >= 15 is 0 Å². The molecule has 2 aliphatic rings. The van der Waals surface area contributed by atoms with Gasteiger partial charge in [0.15, 0.2) is 15.6 Å². The van der Waals surface area contributed by atoms with Crippen LogP contribution in [0.2, 0.25) is 0 Å². The van der Waals surface area contributed by atoms with Crippen LogP contribution in [0.4, 0.5) is 0 Å². The van der Waals surface area contributed by atoms with Gasteiger partial charge in [-0.1, -0.05) is 25.0 Å². The zero-order valence-electron chi connectivity index (χ0n) is 16.3. The molecule has 0 atom stereocenters. The molecule has 0 unspecified atom stereocenters. The first-order valence-corrected chi connectivity index (χ1v) is 11.6. The molecular weight excluding hydrogens is 400 g/mol. The number of nitrogens with zero attached hydrogens (tertiary/aromatic N) is 2. The van der Waals surface area contributed by atoms with E-state index in [9.17, 15) is 18.0 Å². The smallest absolute Gasteiger partial charge is 0.223 e. The number of rotatable bonds is 6. The molecule has 0 bridgehead atoms. The number of Topliss-reactive ketones (excluding diaryl/α,β-unsaturated/α-hetero) is 1. The Morgan fingerprint density at radius 1 is 0.964 bits per heavy atom. The van der Waals surface area contributed by atoms with Gasteiger partial charge in [-0.3, -0.25) is 14.5 Å². The molecule has 28 heavy (non-hydrogen) atoms. The molecule has 1 aliphatic carbocycles. The highest BCUT2D eigenvalue weighted by molar-refractivity contribution is 7.90. The maximum Gasteiger partial charge on any atom is 0.223 e. The van der Waals surface area contributed by atoms with Crippen molar-refractivity contribution in [1.29, 1.82) is 0 Å². The van der Waals surface area contributed by atoms with Gasteiger partial charge in [-0.15, -0.1) is 12.4 Å². The minimum atomic E-state index is -3.27. The summed E-state index contributed by atoms with van der Waals surface area (Å²) in [5.74, 6) is -0.102. The molecule has 0 spiro atoms. The zero-order valence-corrected chi connectivity index (χ0v) is 17.9. The molecule has 0 radical (unpaired) electrons. The Bertz CT molecular complexity index is 781. The second kappa shape index (κ2) is 9.85. The van der Waals surface area contributed by atoms with E-state index in [1.54, 1.807) is 0 Å². The Balaban J connectivity index is 0.00000280. The van der Waals surface area contributed by atoms with Gasteiger partial charge in [0, 0.05) is 56.9 Å². The lowest BCUT2D eigenvalue weighted by atomic mass is 10.1. The number of carbonyl (C=O) groups excluding carboxylic acids is 2. The number of piperazine rings is 1. The Hall–Kier alpha value is -1.44. The number of halogens is 1. The molecule has 1 heterocycles. The van der Waals surface area contributed by atoms with Crippen molar-refractivity contribution in [1.82, 2.24) is 9.80 Å². The first-order valence-electron chi connectivity index (χ1n) is 9.70. The van der Waals surface area contributed by atoms with Crippen LogP contribution in [0.3, 0.4) is 0 Å². The summed E-state index contributed by atoms with van der Waals surface area (Å²) in [6.07, 6.45) is 6.68. The molecule has 1 amide bonds. The lowest BCUT2D eigenvalue weighted by Crippen LogP contribution is -2.51. The minimum Gasteiger partial charge on any atom is -0.340 e. The summed E-state index contributed by atoms with van der Waals surface area (Å²) in [6, 6.07) is 6.60. The summed E-state index contributed by atoms with van der Waals surface area (Å²) in [5, 5.41) is 0. The van der Waals surface area contributed by atoms with Crippen LogP contribution in [-0.4, -0.2) is 68.4 Å². The molecule has 1 saturated carbocycles. The monoisotopic (exact) mass is 428 g/mol. The Labute approximate surface area is 173 Å². The summed E-state index contributed by atoms with van der Waals surface area (Å²) in [5.41, 5.74) is 0.446. The van der Waals surface area contributed by atoms with Gasteiger partial charge in [-0.2, -0.15) is 0 Å². The van der Waals surface area contributed by atoms with E-state index in [1.807, 2.05) is 4.90 Å². The summed E-state index contributed by atoms with van der Waals surface area (Å²) >= 11 is 0. The van der Waals surface area contributed by atoms with Crippen molar-refractivity contribution in [3.8, 4) is 0 Å². The summed E-state index contributed by atoms with van der Waals surface area (Å²) in [7, 11) is -3.27. The summed E-state index contributed by atoms with van der Waals surface area (Å²) in [6.45, 7) is 3.34. The van der Waals surface area contributed by atoms with Crippen LogP contribution < -0.4 is 0 Å². The predicted octanol–water partition coefficient (Wildman–Crippen LogP) is 2.56. The van der Waals surface area contributed by atoms with Gasteiger partial charge in [-0.25, -0.2) is 8.42 Å². The fourth-order valence-electron chi connectivity index (χ4n) is 4.02. The van der Waals surface area contributed by atoms with E-state index in [4.69, 9.17) is 0 Å². The maximum absolute atomic E-state index is 12.4. The number of hydrogen-bond acceptors (Lipinski definition) is 5. The van der Waals surface area contributed by atoms with E-state index < -0.39 is 9.84 Å². The Morgan fingerprint density at radius 3 is 2.07 bits per heavy atom. The van der Waals surface area contributed by atoms with Crippen molar-refractivity contribution in [2.45, 2.75) is 49.5 Å². The molecule has 0 aromatic heterocycles. The maximum atomic E-state index is 12.4. The van der Waals surface area contributed by atoms with Crippen molar-refractivity contribution < 1.29 is 18.0 Å². The average Bonchev–Trinajstić information content (AvgIpc) is 3.20. The van der Waals surface area contributed by atoms with Crippen LogP contribution in [0.1, 0.15) is 48.9 Å². The molecule has 3 rings (SSSR count). The fraction of sp³-hybridized carbons (Fsp3) is 0.600. The zero-order chi connectivity index (χ0) is 19.4. The first-order chi connectivity index (χ1) is 12.8. The number of hydrogen-bond donors (Lipinski definition) is 0. The molecule has 1 aliphatic heterocycles. The molecule has 1 aromatic carbocycles. The quantitative estimate of drug-likeness (QED) is 0.651. The van der Waals surface area contributed by atoms with Gasteiger partial charge >= 0.3 is 0 Å². The average molecular weight is 429 g/mol. The van der Waals surface area contributed by atoms with Gasteiger partial charge in [0.25, 0.3) is 0 Å². The summed E-state index contributed by atoms with van der Waals surface area (Å²) in [4.78, 5) is 29.3. The van der Waals surface area contributed by atoms with Crippen LogP contribution >= 0.6 is 12.4 Å². The second-order valence-electron chi connectivity index (χ2n) is 7.57. The van der Waals surface area contributed by atoms with Crippen molar-refractivity contribution >= 4 is 33.9 Å². The highest BCUT2D eigenvalue weighted by Crippen LogP contribution is 2.24. The lowest BCUT2D eigenvalue weighted by molar-refractivity contribution is -0.133. The SMILES string of the molecule is CS(=O)(=O)c1ccc(C(=O)CCC(=O)N2CCN(C3CCCC3)CC2)cc1.Cl. The van der Waals surface area contributed by atoms with Crippen molar-refractivity contribution in [3.63, 3.8) is 0 Å². The van der Waals surface area contributed by atoms with Crippen LogP contribution in [0.15, 0.2) is 29.2 Å². The van der Waals surface area contributed by atoms with Crippen LogP contribution in [0.25, 0.3) is 0 Å². The van der Waals surface area contributed by atoms with Crippen molar-refractivity contribution in [3.05, 3.63) is 29.8 Å². The third-order valence-corrected chi connectivity index (χ3v) is 6.81. The van der Waals surface area contributed by atoms with Crippen molar-refractivity contribution in [2.24, 2.45) is 0 Å². The number of benzene rings is 1. The molecular formula is C20H29ClN2O4S. The highest BCUT2D eigenvalue weighted by Gasteiger charge is 2.27. The Kier molecular flexibility index (Phi) is 8.04. The van der Waals surface area contributed by atoms with E-state index in [0.29, 0.717) is 11.6 Å². The van der Waals surface area contributed by atoms with Gasteiger partial charge < -0.3 is 4.90 Å². The summed E-state index contributed by atoms with van der Waals surface area (Å²) < 4.78 is 22.9. The normalized spacial score (nSPS) is 18.7. The number of sulfone groups is 1. The second-order valence-corrected chi connectivity index (χ2v) is 9.59. The third kappa shape index (κ3) is 5.78. The van der Waals surface area contributed by atoms with E-state index in [1.165, 1.54) is 49.9 Å². The molecule has 6 nitrogen and oxygen atoms in total. The number of ketones is 1. The van der Waals surface area contributed by atoms with Crippen LogP contribution in [0, 0.1) is 0 Å². The van der Waals surface area contributed by atoms with Crippen molar-refractivity contribution in [2.75, 3.05) is 32.4 Å². The van der Waals surface area contributed by atoms with Gasteiger partial charge in [0.2, 0.25) is 5.91 Å². The van der Waals surface area contributed by atoms with Gasteiger partial charge in [-0.05, 0) is 25.0 Å². The van der Waals surface area contributed by atoms with Gasteiger partial charge in [0.05, 0.1) is 4.90 Å². The fourth-order valence-corrected chi connectivity index (χ4v) is 4.65. The van der Waals surface area contributed by atoms with Crippen LogP contribution in [0.5, 0.6) is 0 Å². The molecule has 0 N–H and O–H groups in total. The van der Waals surface area contributed by atoms with Gasteiger partial charge in [0.1, 0.15) is 0 Å². The number of amides is 1. The standard InChI is InChI=1S/C20H28N2O4S.ClH/c1-27(25,26)18-8-6-16(7-9-18)19(23)10-11-20(24)22-14-12-21(13-15-22)17-4-2-3-5-17;/h6-9,17H,2-5,10-15H2,1H3;1H. The Morgan fingerprint density at radius 2 is 1.54 bits per heavy atom. The lowest BCUT2D eigenvalue weighted by Gasteiger charge is -2.38. The van der Waals surface area contributed by atoms with E-state index in [0.717, 1.165) is 32.4 Å². The molecule has 1 saturated heterocycles. The minimum absolute atomic E-state index is 0. The highest BCUT2D eigenvalue weighted by atomic mass is 35.5. The largest absolute Gasteiger partial charge is 0.340 e. The molecule has 156 valence electrons. The predicted molar refractivity (Wildman–Crippen MR) is 111 cm³/mol. The van der Waals surface area contributed by atoms with Crippen LogP contribution in [-0.2, 0) is 14.6 Å². The third-order valence-electron chi connectivity index (χ3n) is 5.68. The first kappa shape index (κ1) is 22.8.